The van der Waals surface area contributed by atoms with E-state index >= 15 is 0 Å². The van der Waals surface area contributed by atoms with Gasteiger partial charge in [-0.15, -0.1) is 0 Å². The maximum Gasteiger partial charge on any atom is 0.238 e. The van der Waals surface area contributed by atoms with E-state index in [2.05, 4.69) is 0 Å². The Bertz CT molecular complexity index is 2110. The van der Waals surface area contributed by atoms with Crippen LogP contribution in [0, 0.1) is 0 Å². The molecule has 0 saturated heterocycles. The highest BCUT2D eigenvalue weighted by molar-refractivity contribution is 5.88. The Morgan fingerprint density at radius 3 is 2.09 bits per heavy atom. The minimum absolute atomic E-state index is 0.0864. The summed E-state index contributed by atoms with van der Waals surface area (Å²) < 4.78 is 21.5. The fourth-order valence-corrected chi connectivity index (χ4v) is 4.32. The summed E-state index contributed by atoms with van der Waals surface area (Å²) in [5, 5.41) is 48.2. The third kappa shape index (κ3) is 5.59. The van der Waals surface area contributed by atoms with Gasteiger partial charge in [0.1, 0.15) is 45.3 Å². The highest BCUT2D eigenvalue weighted by Gasteiger charge is 2.19. The summed E-state index contributed by atoms with van der Waals surface area (Å²) in [7, 11) is 3.17. The van der Waals surface area contributed by atoms with E-state index < -0.39 is 22.7 Å². The van der Waals surface area contributed by atoms with E-state index in [-0.39, 0.29) is 39.2 Å². The van der Waals surface area contributed by atoms with Gasteiger partial charge in [0.25, 0.3) is 0 Å². The molecular weight excluding hydrogens is 560 g/mol. The Balaban J connectivity index is 0.000000171. The van der Waals surface area contributed by atoms with Crippen molar-refractivity contribution in [2.24, 2.45) is 0 Å². The van der Waals surface area contributed by atoms with Gasteiger partial charge in [-0.05, 0) is 42.5 Å². The summed E-state index contributed by atoms with van der Waals surface area (Å²) in [6, 6.07) is 19.7. The van der Waals surface area contributed by atoms with Crippen LogP contribution in [-0.2, 0) is 0 Å². The van der Waals surface area contributed by atoms with Gasteiger partial charge in [-0.3, -0.25) is 9.59 Å². The normalized spacial score (nSPS) is 10.7. The molecule has 218 valence electrons. The zero-order valence-corrected chi connectivity index (χ0v) is 22.7. The van der Waals surface area contributed by atoms with Gasteiger partial charge in [0, 0.05) is 35.4 Å². The van der Waals surface area contributed by atoms with Crippen molar-refractivity contribution in [3.63, 3.8) is 0 Å². The molecule has 2 heterocycles. The monoisotopic (exact) mass is 584 g/mol. The quantitative estimate of drug-likeness (QED) is 0.166. The maximum absolute atomic E-state index is 12.2. The molecule has 0 amide bonds. The zero-order chi connectivity index (χ0) is 30.8. The Kier molecular flexibility index (Phi) is 7.55. The number of fused-ring (bicyclic) bond motifs is 2. The molecule has 6 aromatic rings. The average Bonchev–Trinajstić information content (AvgIpc) is 3.00. The molecule has 4 aromatic carbocycles. The number of rotatable bonds is 4. The highest BCUT2D eigenvalue weighted by Crippen LogP contribution is 2.37. The number of benzene rings is 4. The third-order valence-electron chi connectivity index (χ3n) is 6.46. The minimum Gasteiger partial charge on any atom is -0.508 e. The fraction of sp³-hybridized carbons (Fsp3) is 0.0625. The van der Waals surface area contributed by atoms with Crippen molar-refractivity contribution in [2.75, 3.05) is 14.2 Å². The van der Waals surface area contributed by atoms with Crippen molar-refractivity contribution in [1.82, 2.24) is 0 Å². The van der Waals surface area contributed by atoms with E-state index in [9.17, 15) is 35.1 Å². The van der Waals surface area contributed by atoms with Crippen LogP contribution in [0.4, 0.5) is 0 Å². The molecule has 0 aliphatic heterocycles. The first-order valence-electron chi connectivity index (χ1n) is 12.6. The predicted octanol–water partition coefficient (Wildman–Crippen LogP) is 5.47. The van der Waals surface area contributed by atoms with Crippen LogP contribution in [0.2, 0.25) is 0 Å². The number of hydrogen-bond donors (Lipinski definition) is 5. The van der Waals surface area contributed by atoms with Crippen LogP contribution in [0.1, 0.15) is 0 Å². The van der Waals surface area contributed by atoms with Crippen LogP contribution >= 0.6 is 0 Å². The lowest BCUT2D eigenvalue weighted by molar-refractivity contribution is 0.403. The Labute approximate surface area is 242 Å². The standard InChI is InChI=1S/C17H14O4.C15H10O7/c1-19-12-5-3-4-11(8-12)16-10-15(18)14-7-6-13(20-2)9-17(14)21-16;16-7-4-10(19)12-11(5-7)22-15(14(21)13(12)20)6-1-2-8(17)9(18)3-6/h3-10H,1-2H3;1-5,16-19,21H. The van der Waals surface area contributed by atoms with E-state index in [1.807, 2.05) is 24.3 Å². The molecule has 0 aliphatic rings. The second-order valence-corrected chi connectivity index (χ2v) is 9.22. The molecule has 0 atom stereocenters. The summed E-state index contributed by atoms with van der Waals surface area (Å²) >= 11 is 0. The van der Waals surface area contributed by atoms with E-state index in [4.69, 9.17) is 18.3 Å². The SMILES string of the molecule is COc1cccc(-c2cc(=O)c3ccc(OC)cc3o2)c1.O=c1c(O)c(-c2ccc(O)c(O)c2)oc2cc(O)cc(O)c12. The second-order valence-electron chi connectivity index (χ2n) is 9.22. The number of phenols is 4. The predicted molar refractivity (Wildman–Crippen MR) is 157 cm³/mol. The number of hydrogen-bond acceptors (Lipinski definition) is 11. The summed E-state index contributed by atoms with van der Waals surface area (Å²) in [4.78, 5) is 24.3. The summed E-state index contributed by atoms with van der Waals surface area (Å²) in [5.74, 6) is -0.858. The van der Waals surface area contributed by atoms with Crippen molar-refractivity contribution in [3.05, 3.63) is 99.3 Å². The van der Waals surface area contributed by atoms with Crippen molar-refractivity contribution in [2.45, 2.75) is 0 Å². The van der Waals surface area contributed by atoms with E-state index in [1.54, 1.807) is 32.4 Å². The van der Waals surface area contributed by atoms with Crippen LogP contribution in [0.15, 0.2) is 97.3 Å². The van der Waals surface area contributed by atoms with Gasteiger partial charge in [0.05, 0.1) is 19.6 Å². The Morgan fingerprint density at radius 1 is 0.628 bits per heavy atom. The van der Waals surface area contributed by atoms with Gasteiger partial charge < -0.3 is 43.8 Å². The molecule has 2 aromatic heterocycles. The van der Waals surface area contributed by atoms with E-state index in [0.717, 1.165) is 29.8 Å². The lowest BCUT2D eigenvalue weighted by atomic mass is 10.1. The smallest absolute Gasteiger partial charge is 0.238 e. The van der Waals surface area contributed by atoms with E-state index in [1.165, 1.54) is 12.1 Å². The van der Waals surface area contributed by atoms with Gasteiger partial charge in [-0.25, -0.2) is 0 Å². The molecule has 0 saturated carbocycles. The molecule has 43 heavy (non-hydrogen) atoms. The lowest BCUT2D eigenvalue weighted by Gasteiger charge is -2.08. The zero-order valence-electron chi connectivity index (χ0n) is 22.7. The number of phenolic OH excluding ortho intramolecular Hbond substituents is 4. The van der Waals surface area contributed by atoms with Crippen LogP contribution in [0.3, 0.4) is 0 Å². The first-order valence-corrected chi connectivity index (χ1v) is 12.6. The van der Waals surface area contributed by atoms with Crippen molar-refractivity contribution in [1.29, 1.82) is 0 Å². The molecule has 0 radical (unpaired) electrons. The first kappa shape index (κ1) is 28.4. The lowest BCUT2D eigenvalue weighted by Crippen LogP contribution is -2.02. The molecule has 0 spiro atoms. The maximum atomic E-state index is 12.2. The Hall–Kier alpha value is -6.10. The molecule has 0 bridgehead atoms. The number of aromatic hydroxyl groups is 5. The molecule has 6 rings (SSSR count). The third-order valence-corrected chi connectivity index (χ3v) is 6.46. The molecule has 0 unspecified atom stereocenters. The van der Waals surface area contributed by atoms with Crippen LogP contribution in [-0.4, -0.2) is 39.8 Å². The van der Waals surface area contributed by atoms with Gasteiger partial charge >= 0.3 is 0 Å². The van der Waals surface area contributed by atoms with Crippen molar-refractivity contribution >= 4 is 21.9 Å². The molecule has 11 heteroatoms. The largest absolute Gasteiger partial charge is 0.508 e. The van der Waals surface area contributed by atoms with Gasteiger partial charge in [-0.2, -0.15) is 0 Å². The summed E-state index contributed by atoms with van der Waals surface area (Å²) in [6.45, 7) is 0. The molecule has 11 nitrogen and oxygen atoms in total. The number of ether oxygens (including phenoxy) is 2. The number of methoxy groups -OCH3 is 2. The molecule has 5 N–H and O–H groups in total. The molecular formula is C32H24O11. The summed E-state index contributed by atoms with van der Waals surface area (Å²) in [5.41, 5.74) is 0.311. The van der Waals surface area contributed by atoms with Gasteiger partial charge in [0.15, 0.2) is 22.7 Å². The second kappa shape index (κ2) is 11.4. The van der Waals surface area contributed by atoms with Crippen molar-refractivity contribution < 1.29 is 43.8 Å². The topological polar surface area (TPSA) is 180 Å². The van der Waals surface area contributed by atoms with E-state index in [0.29, 0.717) is 28.2 Å². The Morgan fingerprint density at radius 2 is 1.37 bits per heavy atom. The molecule has 0 fully saturated rings. The fourth-order valence-electron chi connectivity index (χ4n) is 4.32. The highest BCUT2D eigenvalue weighted by atomic mass is 16.5. The van der Waals surface area contributed by atoms with Gasteiger partial charge in [0.2, 0.25) is 11.2 Å². The van der Waals surface area contributed by atoms with Crippen molar-refractivity contribution in [3.8, 4) is 62.9 Å². The average molecular weight is 585 g/mol. The first-order chi connectivity index (χ1) is 20.6. The summed E-state index contributed by atoms with van der Waals surface area (Å²) in [6.07, 6.45) is 0. The van der Waals surface area contributed by atoms with Crippen LogP contribution in [0.25, 0.3) is 44.6 Å². The van der Waals surface area contributed by atoms with Crippen LogP contribution < -0.4 is 20.3 Å². The van der Waals surface area contributed by atoms with Crippen LogP contribution in [0.5, 0.6) is 40.2 Å². The minimum atomic E-state index is -0.888. The molecule has 0 aliphatic carbocycles. The van der Waals surface area contributed by atoms with Gasteiger partial charge in [-0.1, -0.05) is 12.1 Å².